The molecule has 1 aromatic rings. The number of anilines is 1. The largest absolute Gasteiger partial charge is 0.381 e. The van der Waals surface area contributed by atoms with Gasteiger partial charge in [0, 0.05) is 24.6 Å². The van der Waals surface area contributed by atoms with Crippen LogP contribution in [0.1, 0.15) is 76.3 Å². The van der Waals surface area contributed by atoms with E-state index >= 15 is 0 Å². The molecular formula is C21H32N3+. The van der Waals surface area contributed by atoms with Crippen molar-refractivity contribution >= 4 is 11.4 Å². The fourth-order valence-electron chi connectivity index (χ4n) is 3.88. The van der Waals surface area contributed by atoms with E-state index in [-0.39, 0.29) is 0 Å². The summed E-state index contributed by atoms with van der Waals surface area (Å²) in [5.41, 5.74) is 4.21. The zero-order valence-electron chi connectivity index (χ0n) is 15.3. The molecular weight excluding hydrogens is 294 g/mol. The van der Waals surface area contributed by atoms with Crippen LogP contribution in [0.5, 0.6) is 0 Å². The predicted octanol–water partition coefficient (Wildman–Crippen LogP) is 3.87. The molecule has 130 valence electrons. The molecule has 3 N–H and O–H groups in total. The lowest BCUT2D eigenvalue weighted by molar-refractivity contribution is -0.119. The van der Waals surface area contributed by atoms with Gasteiger partial charge in [-0.3, -0.25) is 5.41 Å². The van der Waals surface area contributed by atoms with Gasteiger partial charge in [-0.25, -0.2) is 0 Å². The third-order valence-corrected chi connectivity index (χ3v) is 5.12. The standard InChI is InChI=1S/C21H31N3/c1-3-7-17-13-20(12-11-18(17)15-22)24-21(14-19(23)8-4-2)16-9-5-6-10-16/h11-13,16,21,23-24H,3-10,14H2,1-2H3/p+1. The van der Waals surface area contributed by atoms with Gasteiger partial charge in [0.25, 0.3) is 0 Å². The number of nitrogens with two attached hydrogens (primary N) is 1. The zero-order valence-corrected chi connectivity index (χ0v) is 15.3. The third-order valence-electron chi connectivity index (χ3n) is 5.12. The van der Waals surface area contributed by atoms with Gasteiger partial charge < -0.3 is 5.32 Å². The molecule has 0 aliphatic heterocycles. The average molecular weight is 327 g/mol. The number of rotatable bonds is 9. The average Bonchev–Trinajstić information content (AvgIpc) is 3.09. The number of nitrogens with zero attached hydrogens (tertiary/aromatic N) is 1. The molecule has 1 atom stereocenters. The molecule has 1 aliphatic rings. The summed E-state index contributed by atoms with van der Waals surface area (Å²) in [5.74, 6) is 0.714. The van der Waals surface area contributed by atoms with Crippen LogP contribution in [0.25, 0.3) is 0 Å². The molecule has 3 heteroatoms. The minimum Gasteiger partial charge on any atom is -0.381 e. The van der Waals surface area contributed by atoms with Crippen LogP contribution in [-0.4, -0.2) is 11.8 Å². The maximum absolute atomic E-state index is 9.28. The topological polar surface area (TPSA) is 61.4 Å². The molecule has 3 nitrogen and oxygen atoms in total. The summed E-state index contributed by atoms with van der Waals surface area (Å²) in [7, 11) is 0. The number of benzene rings is 1. The first-order valence-corrected chi connectivity index (χ1v) is 9.57. The Morgan fingerprint density at radius 2 is 2.04 bits per heavy atom. The minimum absolute atomic E-state index is 0.418. The van der Waals surface area contributed by atoms with Gasteiger partial charge in [0.2, 0.25) is 0 Å². The summed E-state index contributed by atoms with van der Waals surface area (Å²) in [5, 5.41) is 19.3. The highest BCUT2D eigenvalue weighted by molar-refractivity contribution is 5.79. The molecule has 0 amide bonds. The van der Waals surface area contributed by atoms with E-state index in [0.717, 1.165) is 54.6 Å². The summed E-state index contributed by atoms with van der Waals surface area (Å²) in [6, 6.07) is 8.91. The predicted molar refractivity (Wildman–Crippen MR) is 101 cm³/mol. The Labute approximate surface area is 147 Å². The molecule has 24 heavy (non-hydrogen) atoms. The van der Waals surface area contributed by atoms with Crippen molar-refractivity contribution in [3.63, 3.8) is 0 Å². The van der Waals surface area contributed by atoms with E-state index in [4.69, 9.17) is 5.41 Å². The van der Waals surface area contributed by atoms with Gasteiger partial charge in [0.05, 0.1) is 11.6 Å². The smallest absolute Gasteiger partial charge is 0.151 e. The Hall–Kier alpha value is -1.82. The molecule has 0 aromatic heterocycles. The van der Waals surface area contributed by atoms with Crippen LogP contribution in [-0.2, 0) is 6.42 Å². The van der Waals surface area contributed by atoms with Crippen molar-refractivity contribution in [1.29, 1.82) is 5.26 Å². The molecule has 0 spiro atoms. The van der Waals surface area contributed by atoms with Crippen molar-refractivity contribution < 1.29 is 5.41 Å². The Kier molecular flexibility index (Phi) is 7.31. The zero-order chi connectivity index (χ0) is 17.4. The lowest BCUT2D eigenvalue weighted by Gasteiger charge is -2.25. The van der Waals surface area contributed by atoms with Gasteiger partial charge in [-0.1, -0.05) is 33.1 Å². The molecule has 1 saturated carbocycles. The highest BCUT2D eigenvalue weighted by atomic mass is 14.9. The fraction of sp³-hybridized carbons (Fsp3) is 0.619. The number of hydrogen-bond acceptors (Lipinski definition) is 2. The fourth-order valence-corrected chi connectivity index (χ4v) is 3.88. The molecule has 0 heterocycles. The number of nitriles is 1. The van der Waals surface area contributed by atoms with Gasteiger partial charge in [-0.05, 0) is 55.4 Å². The van der Waals surface area contributed by atoms with Crippen LogP contribution < -0.4 is 10.7 Å². The van der Waals surface area contributed by atoms with E-state index < -0.39 is 0 Å². The highest BCUT2D eigenvalue weighted by Gasteiger charge is 2.27. The summed E-state index contributed by atoms with van der Waals surface area (Å²) in [4.78, 5) is 0. The van der Waals surface area contributed by atoms with Gasteiger partial charge in [0.1, 0.15) is 0 Å². The van der Waals surface area contributed by atoms with Crippen LogP contribution in [0.15, 0.2) is 18.2 Å². The molecule has 2 rings (SSSR count). The van der Waals surface area contributed by atoms with Crippen LogP contribution in [0.3, 0.4) is 0 Å². The van der Waals surface area contributed by atoms with Crippen molar-refractivity contribution in [2.24, 2.45) is 5.92 Å². The van der Waals surface area contributed by atoms with E-state index in [2.05, 4.69) is 37.4 Å². The van der Waals surface area contributed by atoms with Gasteiger partial charge >= 0.3 is 0 Å². The maximum Gasteiger partial charge on any atom is 0.151 e. The SMILES string of the molecule is CCCC(=[NH2+])CC(Nc1ccc(C#N)c(CCC)c1)C1CCCC1. The molecule has 1 unspecified atom stereocenters. The van der Waals surface area contributed by atoms with Crippen LogP contribution in [0.2, 0.25) is 0 Å². The molecule has 1 aliphatic carbocycles. The normalized spacial score (nSPS) is 15.9. The number of hydrogen-bond donors (Lipinski definition) is 2. The first-order valence-electron chi connectivity index (χ1n) is 9.57. The number of aryl methyl sites for hydroxylation is 1. The van der Waals surface area contributed by atoms with Crippen molar-refractivity contribution in [3.05, 3.63) is 29.3 Å². The second-order valence-electron chi connectivity index (χ2n) is 7.14. The van der Waals surface area contributed by atoms with Gasteiger partial charge in [0.15, 0.2) is 5.71 Å². The quantitative estimate of drug-likeness (QED) is 0.677. The first kappa shape index (κ1) is 18.5. The van der Waals surface area contributed by atoms with Crippen molar-refractivity contribution in [3.8, 4) is 6.07 Å². The Morgan fingerprint density at radius 3 is 2.67 bits per heavy atom. The minimum atomic E-state index is 0.418. The van der Waals surface area contributed by atoms with Crippen LogP contribution in [0.4, 0.5) is 5.69 Å². The lowest BCUT2D eigenvalue weighted by atomic mass is 9.91. The summed E-state index contributed by atoms with van der Waals surface area (Å²) in [6.45, 7) is 4.34. The molecule has 0 radical (unpaired) electrons. The maximum atomic E-state index is 9.28. The van der Waals surface area contributed by atoms with E-state index in [9.17, 15) is 5.26 Å². The van der Waals surface area contributed by atoms with Crippen molar-refractivity contribution in [2.75, 3.05) is 5.32 Å². The second kappa shape index (κ2) is 9.47. The monoisotopic (exact) mass is 326 g/mol. The van der Waals surface area contributed by atoms with E-state index in [1.807, 2.05) is 6.07 Å². The Bertz CT molecular complexity index is 579. The van der Waals surface area contributed by atoms with Crippen molar-refractivity contribution in [1.82, 2.24) is 0 Å². The first-order chi connectivity index (χ1) is 11.7. The van der Waals surface area contributed by atoms with Crippen LogP contribution >= 0.6 is 0 Å². The highest BCUT2D eigenvalue weighted by Crippen LogP contribution is 2.31. The van der Waals surface area contributed by atoms with Crippen LogP contribution in [0, 0.1) is 17.2 Å². The van der Waals surface area contributed by atoms with Gasteiger partial charge in [-0.15, -0.1) is 0 Å². The summed E-state index contributed by atoms with van der Waals surface area (Å²) < 4.78 is 0. The second-order valence-corrected chi connectivity index (χ2v) is 7.14. The Balaban J connectivity index is 2.14. The van der Waals surface area contributed by atoms with E-state index in [0.29, 0.717) is 12.0 Å². The van der Waals surface area contributed by atoms with Gasteiger partial charge in [-0.2, -0.15) is 5.26 Å². The summed E-state index contributed by atoms with van der Waals surface area (Å²) >= 11 is 0. The molecule has 1 fully saturated rings. The van der Waals surface area contributed by atoms with Crippen molar-refractivity contribution in [2.45, 2.75) is 77.7 Å². The molecule has 0 saturated heterocycles. The molecule has 0 bridgehead atoms. The lowest BCUT2D eigenvalue weighted by Crippen LogP contribution is -2.44. The number of nitrogens with one attached hydrogen (secondary N) is 1. The third kappa shape index (κ3) is 5.09. The van der Waals surface area contributed by atoms with E-state index in [1.165, 1.54) is 25.7 Å². The molecule has 1 aromatic carbocycles. The van der Waals surface area contributed by atoms with E-state index in [1.54, 1.807) is 0 Å². The summed E-state index contributed by atoms with van der Waals surface area (Å²) in [6.07, 6.45) is 10.4. The Morgan fingerprint density at radius 1 is 1.29 bits per heavy atom.